The Morgan fingerprint density at radius 3 is 1.90 bits per heavy atom. The number of rotatable bonds is 29. The Balaban J connectivity index is 1.30. The molecule has 1 aromatic heterocycles. The number of nitriles is 1. The van der Waals surface area contributed by atoms with Crippen molar-refractivity contribution in [3.8, 4) is 6.07 Å². The van der Waals surface area contributed by atoms with E-state index in [0.717, 1.165) is 35.6 Å². The molecule has 0 saturated carbocycles. The largest absolute Gasteiger partial charge is 0.474 e. The van der Waals surface area contributed by atoms with Gasteiger partial charge in [0.2, 0.25) is 0 Å². The van der Waals surface area contributed by atoms with Crippen LogP contribution in [0.4, 0.5) is 10.2 Å². The zero-order valence-electron chi connectivity index (χ0n) is 34.2. The molecule has 1 aliphatic heterocycles. The van der Waals surface area contributed by atoms with Crippen LogP contribution in [0.3, 0.4) is 0 Å². The highest BCUT2D eigenvalue weighted by Crippen LogP contribution is 2.52. The topological polar surface area (TPSA) is 159 Å². The zero-order valence-corrected chi connectivity index (χ0v) is 35.9. The summed E-state index contributed by atoms with van der Waals surface area (Å²) in [5, 5.41) is 9.45. The zero-order chi connectivity index (χ0) is 42.1. The third-order valence-corrected chi connectivity index (χ3v) is 13.0. The summed E-state index contributed by atoms with van der Waals surface area (Å²) in [6.07, 6.45) is 17.2. The standard InChI is InChI=1S/C44H60FN4O8PS/c1-2-3-4-5-6-7-8-9-10-11-12-13-14-15-16-23-32-54-58(53,55-33-24-30-46)56-34-37-40(57-43(51)36-27-21-18-22-28-36)39(45)42(59-37)49-31-29-38(48-44(49)52)47-41(50)35-25-19-17-20-26-35/h17-22,25-29,31,37,39-40,42H,2-16,23-24,32-34H2,1H3,(H,47,48,50,52)/t37-,39+,40-,42?,58?/m1/s1. The fourth-order valence-corrected chi connectivity index (χ4v) is 9.52. The summed E-state index contributed by atoms with van der Waals surface area (Å²) in [6, 6.07) is 19.8. The number of aromatic nitrogens is 2. The van der Waals surface area contributed by atoms with Gasteiger partial charge in [0.25, 0.3) is 5.91 Å². The Kier molecular flexibility index (Phi) is 21.9. The van der Waals surface area contributed by atoms with E-state index in [4.69, 9.17) is 23.6 Å². The van der Waals surface area contributed by atoms with Crippen LogP contribution in [0.25, 0.3) is 0 Å². The third-order valence-electron chi connectivity index (χ3n) is 10.0. The molecule has 0 bridgehead atoms. The lowest BCUT2D eigenvalue weighted by Gasteiger charge is -2.23. The predicted molar refractivity (Wildman–Crippen MR) is 229 cm³/mol. The number of phosphoric ester groups is 1. The molecule has 2 aromatic carbocycles. The fourth-order valence-electron chi connectivity index (χ4n) is 6.72. The number of carbonyl (C=O) groups excluding carboxylic acids is 2. The van der Waals surface area contributed by atoms with E-state index < -0.39 is 54.9 Å². The molecule has 2 heterocycles. The number of phosphoric acid groups is 1. The van der Waals surface area contributed by atoms with Gasteiger partial charge in [-0.05, 0) is 36.8 Å². The summed E-state index contributed by atoms with van der Waals surface area (Å²) in [4.78, 5) is 42.9. The molecule has 322 valence electrons. The normalized spacial score (nSPS) is 18.5. The summed E-state index contributed by atoms with van der Waals surface area (Å²) >= 11 is 0.941. The van der Waals surface area contributed by atoms with Gasteiger partial charge in [-0.15, -0.1) is 11.8 Å². The van der Waals surface area contributed by atoms with Gasteiger partial charge in [-0.2, -0.15) is 10.2 Å². The van der Waals surface area contributed by atoms with Gasteiger partial charge in [0.05, 0.1) is 43.1 Å². The Morgan fingerprint density at radius 1 is 0.797 bits per heavy atom. The predicted octanol–water partition coefficient (Wildman–Crippen LogP) is 11.0. The molecule has 1 N–H and O–H groups in total. The van der Waals surface area contributed by atoms with Gasteiger partial charge in [0, 0.05) is 11.8 Å². The number of anilines is 1. The number of nitrogens with one attached hydrogen (secondary N) is 1. The molecule has 1 saturated heterocycles. The summed E-state index contributed by atoms with van der Waals surface area (Å²) < 4.78 is 53.8. The second-order valence-corrected chi connectivity index (χ2v) is 17.7. The van der Waals surface area contributed by atoms with Gasteiger partial charge >= 0.3 is 19.5 Å². The number of nitrogens with zero attached hydrogens (tertiary/aromatic N) is 3. The third kappa shape index (κ3) is 17.0. The molecule has 1 amide bonds. The number of halogens is 1. The summed E-state index contributed by atoms with van der Waals surface area (Å²) in [6.45, 7) is 1.71. The number of amides is 1. The molecule has 15 heteroatoms. The monoisotopic (exact) mass is 854 g/mol. The number of hydrogen-bond donors (Lipinski definition) is 1. The number of benzene rings is 2. The van der Waals surface area contributed by atoms with Crippen LogP contribution < -0.4 is 11.0 Å². The van der Waals surface area contributed by atoms with Crippen molar-refractivity contribution in [3.05, 3.63) is 94.5 Å². The van der Waals surface area contributed by atoms with Crippen molar-refractivity contribution in [1.82, 2.24) is 9.55 Å². The number of carbonyl (C=O) groups is 2. The first kappa shape index (κ1) is 47.8. The molecule has 0 spiro atoms. The van der Waals surface area contributed by atoms with E-state index in [1.807, 2.05) is 6.07 Å². The molecule has 59 heavy (non-hydrogen) atoms. The number of thioether (sulfide) groups is 1. The maximum atomic E-state index is 16.4. The van der Waals surface area contributed by atoms with E-state index >= 15 is 4.39 Å². The van der Waals surface area contributed by atoms with Crippen molar-refractivity contribution in [2.45, 2.75) is 139 Å². The highest BCUT2D eigenvalue weighted by molar-refractivity contribution is 8.00. The molecular weight excluding hydrogens is 795 g/mol. The second kappa shape index (κ2) is 27.1. The number of ether oxygens (including phenoxy) is 1. The lowest BCUT2D eigenvalue weighted by Crippen LogP contribution is -2.37. The van der Waals surface area contributed by atoms with Crippen LogP contribution in [-0.4, -0.2) is 58.8 Å². The summed E-state index contributed by atoms with van der Waals surface area (Å²) in [5.74, 6) is -1.29. The summed E-state index contributed by atoms with van der Waals surface area (Å²) in [7, 11) is -4.23. The first-order valence-corrected chi connectivity index (χ1v) is 23.6. The average Bonchev–Trinajstić information content (AvgIpc) is 3.55. The van der Waals surface area contributed by atoms with Crippen molar-refractivity contribution in [3.63, 3.8) is 0 Å². The molecule has 3 aromatic rings. The number of esters is 1. The van der Waals surface area contributed by atoms with E-state index in [0.29, 0.717) is 12.0 Å². The van der Waals surface area contributed by atoms with E-state index in [1.165, 1.54) is 101 Å². The SMILES string of the molecule is CCCCCCCCCCCCCCCCCCOP(=O)(OCCC#N)OC[C@H]1SC(n2ccc(NC(=O)c3ccccc3)nc2=O)[C@@H](F)[C@@H]1OC(=O)c1ccccc1. The minimum absolute atomic E-state index is 0.0256. The van der Waals surface area contributed by atoms with E-state index in [-0.39, 0.29) is 31.0 Å². The van der Waals surface area contributed by atoms with Crippen LogP contribution in [-0.2, 0) is 22.9 Å². The minimum atomic E-state index is -4.23. The van der Waals surface area contributed by atoms with Gasteiger partial charge in [-0.3, -0.25) is 22.9 Å². The first-order chi connectivity index (χ1) is 28.7. The van der Waals surface area contributed by atoms with Crippen LogP contribution in [0.2, 0.25) is 0 Å². The lowest BCUT2D eigenvalue weighted by atomic mass is 10.0. The Labute approximate surface area is 352 Å². The van der Waals surface area contributed by atoms with Crippen LogP contribution in [0, 0.1) is 11.3 Å². The molecule has 2 unspecified atom stereocenters. The van der Waals surface area contributed by atoms with Crippen LogP contribution >= 0.6 is 19.6 Å². The quantitative estimate of drug-likeness (QED) is 0.0402. The van der Waals surface area contributed by atoms with E-state index in [9.17, 15) is 18.9 Å². The highest BCUT2D eigenvalue weighted by Gasteiger charge is 2.49. The fraction of sp³-hybridized carbons (Fsp3) is 0.568. The molecule has 5 atom stereocenters. The molecule has 1 aliphatic rings. The Morgan fingerprint density at radius 2 is 1.34 bits per heavy atom. The minimum Gasteiger partial charge on any atom is -0.454 e. The average molecular weight is 855 g/mol. The van der Waals surface area contributed by atoms with Gasteiger partial charge in [0.1, 0.15) is 11.2 Å². The van der Waals surface area contributed by atoms with Gasteiger partial charge < -0.3 is 10.1 Å². The molecular formula is C44H60FN4O8PS. The van der Waals surface area contributed by atoms with E-state index in [2.05, 4.69) is 17.2 Å². The van der Waals surface area contributed by atoms with E-state index in [1.54, 1.807) is 48.5 Å². The molecule has 0 radical (unpaired) electrons. The molecule has 1 fully saturated rings. The molecule has 0 aliphatic carbocycles. The molecule has 12 nitrogen and oxygen atoms in total. The number of unbranched alkanes of at least 4 members (excludes halogenated alkanes) is 15. The van der Waals surface area contributed by atoms with Crippen LogP contribution in [0.15, 0.2) is 77.7 Å². The van der Waals surface area contributed by atoms with Gasteiger partial charge in [0.15, 0.2) is 12.3 Å². The first-order valence-electron chi connectivity index (χ1n) is 21.2. The number of hydrogen-bond acceptors (Lipinski definition) is 11. The van der Waals surface area contributed by atoms with Crippen LogP contribution in [0.5, 0.6) is 0 Å². The van der Waals surface area contributed by atoms with Crippen molar-refractivity contribution >= 4 is 37.3 Å². The Hall–Kier alpha value is -3.86. The van der Waals surface area contributed by atoms with Crippen molar-refractivity contribution in [2.24, 2.45) is 0 Å². The number of alkyl halides is 1. The van der Waals surface area contributed by atoms with Crippen molar-refractivity contribution < 1.29 is 36.9 Å². The van der Waals surface area contributed by atoms with Gasteiger partial charge in [-0.1, -0.05) is 140 Å². The lowest BCUT2D eigenvalue weighted by molar-refractivity contribution is 0.00106. The maximum absolute atomic E-state index is 16.4. The van der Waals surface area contributed by atoms with Crippen molar-refractivity contribution in [2.75, 3.05) is 25.1 Å². The van der Waals surface area contributed by atoms with Crippen molar-refractivity contribution in [1.29, 1.82) is 5.26 Å². The van der Waals surface area contributed by atoms with Gasteiger partial charge in [-0.25, -0.2) is 18.5 Å². The molecule has 4 rings (SSSR count). The summed E-state index contributed by atoms with van der Waals surface area (Å²) in [5.41, 5.74) is -0.293. The smallest absolute Gasteiger partial charge is 0.454 e. The highest BCUT2D eigenvalue weighted by atomic mass is 32.2. The Bertz CT molecular complexity index is 1830. The second-order valence-electron chi connectivity index (χ2n) is 14.7. The maximum Gasteiger partial charge on any atom is 0.474 e. The van der Waals surface area contributed by atoms with Crippen LogP contribution in [0.1, 0.15) is 142 Å².